The van der Waals surface area contributed by atoms with Crippen molar-refractivity contribution in [3.63, 3.8) is 0 Å². The molecule has 0 spiro atoms. The van der Waals surface area contributed by atoms with E-state index in [9.17, 15) is 0 Å². The number of hydrogen-bond donors (Lipinski definition) is 1. The molecule has 108 valence electrons. The van der Waals surface area contributed by atoms with Crippen LogP contribution in [0.25, 0.3) is 0 Å². The smallest absolute Gasteiger partial charge is 0.119 e. The normalized spacial score (nSPS) is 10.9. The summed E-state index contributed by atoms with van der Waals surface area (Å²) in [5.74, 6) is 0.937. The highest BCUT2D eigenvalue weighted by Gasteiger charge is 1.98. The predicted molar refractivity (Wildman–Crippen MR) is 79.6 cm³/mol. The Balaban J connectivity index is 2.12. The van der Waals surface area contributed by atoms with Crippen molar-refractivity contribution in [2.45, 2.75) is 46.3 Å². The fraction of sp³-hybridized carbons (Fsp3) is 0.625. The first-order valence-electron chi connectivity index (χ1n) is 7.26. The van der Waals surface area contributed by atoms with Crippen molar-refractivity contribution >= 4 is 0 Å². The van der Waals surface area contributed by atoms with Gasteiger partial charge in [0.2, 0.25) is 0 Å². The molecule has 0 aliphatic carbocycles. The van der Waals surface area contributed by atoms with E-state index in [1.807, 2.05) is 26.0 Å². The third kappa shape index (κ3) is 7.85. The van der Waals surface area contributed by atoms with Gasteiger partial charge < -0.3 is 14.8 Å². The number of hydrogen-bond acceptors (Lipinski definition) is 3. The average Bonchev–Trinajstić information content (AvgIpc) is 2.39. The molecule has 0 aliphatic rings. The van der Waals surface area contributed by atoms with Gasteiger partial charge in [-0.2, -0.15) is 0 Å². The van der Waals surface area contributed by atoms with E-state index in [1.54, 1.807) is 0 Å². The molecular formula is C16H27NO2. The van der Waals surface area contributed by atoms with Crippen molar-refractivity contribution in [2.75, 3.05) is 19.8 Å². The van der Waals surface area contributed by atoms with Gasteiger partial charge in [-0.05, 0) is 50.9 Å². The lowest BCUT2D eigenvalue weighted by Gasteiger charge is -2.10. The standard InChI is InChI=1S/C16H27NO2/c1-4-11-18-12-5-10-17-13-15-6-8-16(9-7-15)19-14(2)3/h6-9,14,17H,4-5,10-13H2,1-3H3. The summed E-state index contributed by atoms with van der Waals surface area (Å²) in [7, 11) is 0. The van der Waals surface area contributed by atoms with Crippen molar-refractivity contribution in [3.8, 4) is 5.75 Å². The Hall–Kier alpha value is -1.06. The molecule has 0 bridgehead atoms. The molecule has 0 aliphatic heterocycles. The lowest BCUT2D eigenvalue weighted by molar-refractivity contribution is 0.132. The maximum absolute atomic E-state index is 5.61. The Labute approximate surface area is 117 Å². The van der Waals surface area contributed by atoms with Crippen LogP contribution in [0.15, 0.2) is 24.3 Å². The van der Waals surface area contributed by atoms with Gasteiger partial charge in [0.1, 0.15) is 5.75 Å². The molecule has 0 radical (unpaired) electrons. The van der Waals surface area contributed by atoms with Crippen LogP contribution in [-0.4, -0.2) is 25.9 Å². The van der Waals surface area contributed by atoms with Gasteiger partial charge in [-0.25, -0.2) is 0 Å². The Morgan fingerprint density at radius 2 is 1.84 bits per heavy atom. The molecule has 0 saturated carbocycles. The maximum atomic E-state index is 5.61. The van der Waals surface area contributed by atoms with E-state index in [-0.39, 0.29) is 6.10 Å². The molecule has 1 aromatic carbocycles. The average molecular weight is 265 g/mol. The monoisotopic (exact) mass is 265 g/mol. The molecule has 19 heavy (non-hydrogen) atoms. The molecule has 1 aromatic rings. The van der Waals surface area contributed by atoms with Crippen LogP contribution in [0.3, 0.4) is 0 Å². The summed E-state index contributed by atoms with van der Waals surface area (Å²) in [6.45, 7) is 9.82. The fourth-order valence-corrected chi connectivity index (χ4v) is 1.74. The Kier molecular flexibility index (Phi) is 8.26. The first kappa shape index (κ1) is 16.0. The van der Waals surface area contributed by atoms with E-state index in [4.69, 9.17) is 9.47 Å². The third-order valence-corrected chi connectivity index (χ3v) is 2.61. The lowest BCUT2D eigenvalue weighted by atomic mass is 10.2. The highest BCUT2D eigenvalue weighted by molar-refractivity contribution is 5.27. The van der Waals surface area contributed by atoms with Crippen LogP contribution in [-0.2, 0) is 11.3 Å². The minimum atomic E-state index is 0.229. The van der Waals surface area contributed by atoms with E-state index < -0.39 is 0 Å². The molecule has 3 heteroatoms. The SMILES string of the molecule is CCCOCCCNCc1ccc(OC(C)C)cc1. The van der Waals surface area contributed by atoms with Gasteiger partial charge in [-0.1, -0.05) is 19.1 Å². The van der Waals surface area contributed by atoms with Crippen LogP contribution >= 0.6 is 0 Å². The third-order valence-electron chi connectivity index (χ3n) is 2.61. The van der Waals surface area contributed by atoms with E-state index in [0.29, 0.717) is 0 Å². The molecule has 0 heterocycles. The number of benzene rings is 1. The Morgan fingerprint density at radius 3 is 2.47 bits per heavy atom. The van der Waals surface area contributed by atoms with Crippen LogP contribution in [0.4, 0.5) is 0 Å². The van der Waals surface area contributed by atoms with Gasteiger partial charge in [0, 0.05) is 19.8 Å². The van der Waals surface area contributed by atoms with Gasteiger partial charge in [-0.15, -0.1) is 0 Å². The fourth-order valence-electron chi connectivity index (χ4n) is 1.74. The van der Waals surface area contributed by atoms with Gasteiger partial charge in [0.05, 0.1) is 6.10 Å². The highest BCUT2D eigenvalue weighted by Crippen LogP contribution is 2.13. The zero-order valence-corrected chi connectivity index (χ0v) is 12.4. The zero-order valence-electron chi connectivity index (χ0n) is 12.4. The molecule has 1 rings (SSSR count). The molecule has 0 amide bonds. The molecule has 0 fully saturated rings. The summed E-state index contributed by atoms with van der Waals surface area (Å²) < 4.78 is 11.0. The van der Waals surface area contributed by atoms with Crippen LogP contribution in [0.1, 0.15) is 39.2 Å². The largest absolute Gasteiger partial charge is 0.491 e. The topological polar surface area (TPSA) is 30.5 Å². The molecule has 0 saturated heterocycles. The van der Waals surface area contributed by atoms with Crippen molar-refractivity contribution in [3.05, 3.63) is 29.8 Å². The molecule has 0 atom stereocenters. The molecule has 0 aromatic heterocycles. The Morgan fingerprint density at radius 1 is 1.11 bits per heavy atom. The maximum Gasteiger partial charge on any atom is 0.119 e. The van der Waals surface area contributed by atoms with Gasteiger partial charge >= 0.3 is 0 Å². The summed E-state index contributed by atoms with van der Waals surface area (Å²) >= 11 is 0. The summed E-state index contributed by atoms with van der Waals surface area (Å²) in [6.07, 6.45) is 2.39. The van der Waals surface area contributed by atoms with Crippen LogP contribution in [0.2, 0.25) is 0 Å². The minimum absolute atomic E-state index is 0.229. The molecule has 3 nitrogen and oxygen atoms in total. The van der Waals surface area contributed by atoms with Gasteiger partial charge in [0.15, 0.2) is 0 Å². The van der Waals surface area contributed by atoms with Gasteiger partial charge in [-0.3, -0.25) is 0 Å². The van der Waals surface area contributed by atoms with Crippen molar-refractivity contribution in [1.29, 1.82) is 0 Å². The first-order valence-corrected chi connectivity index (χ1v) is 7.26. The molecule has 1 N–H and O–H groups in total. The van der Waals surface area contributed by atoms with Crippen LogP contribution < -0.4 is 10.1 Å². The number of ether oxygens (including phenoxy) is 2. The van der Waals surface area contributed by atoms with Gasteiger partial charge in [0.25, 0.3) is 0 Å². The summed E-state index contributed by atoms with van der Waals surface area (Å²) in [5.41, 5.74) is 1.28. The minimum Gasteiger partial charge on any atom is -0.491 e. The van der Waals surface area contributed by atoms with E-state index in [2.05, 4.69) is 24.4 Å². The highest BCUT2D eigenvalue weighted by atomic mass is 16.5. The number of nitrogens with one attached hydrogen (secondary N) is 1. The summed E-state index contributed by atoms with van der Waals surface area (Å²) in [6, 6.07) is 8.28. The van der Waals surface area contributed by atoms with Crippen LogP contribution in [0.5, 0.6) is 5.75 Å². The summed E-state index contributed by atoms with van der Waals surface area (Å²) in [4.78, 5) is 0. The zero-order chi connectivity index (χ0) is 13.9. The quantitative estimate of drug-likeness (QED) is 0.658. The second kappa shape index (κ2) is 9.82. The second-order valence-electron chi connectivity index (χ2n) is 4.95. The Bertz CT molecular complexity index is 322. The molecular weight excluding hydrogens is 238 g/mol. The van der Waals surface area contributed by atoms with E-state index in [0.717, 1.165) is 44.9 Å². The van der Waals surface area contributed by atoms with E-state index >= 15 is 0 Å². The van der Waals surface area contributed by atoms with Crippen LogP contribution in [0, 0.1) is 0 Å². The van der Waals surface area contributed by atoms with Crippen molar-refractivity contribution in [1.82, 2.24) is 5.32 Å². The van der Waals surface area contributed by atoms with Crippen molar-refractivity contribution < 1.29 is 9.47 Å². The summed E-state index contributed by atoms with van der Waals surface area (Å²) in [5, 5.41) is 3.42. The lowest BCUT2D eigenvalue weighted by Crippen LogP contribution is -2.16. The second-order valence-corrected chi connectivity index (χ2v) is 4.95. The predicted octanol–water partition coefficient (Wildman–Crippen LogP) is 3.38. The van der Waals surface area contributed by atoms with Crippen molar-refractivity contribution in [2.24, 2.45) is 0 Å². The van der Waals surface area contributed by atoms with E-state index in [1.165, 1.54) is 5.56 Å². The number of rotatable bonds is 10. The first-order chi connectivity index (χ1) is 9.22. The molecule has 0 unspecified atom stereocenters.